The SMILES string of the molecule is C=CCNC(=NC)NCC(c1ccc(F)cc1)N(C)C. The van der Waals surface area contributed by atoms with Gasteiger partial charge in [-0.1, -0.05) is 18.2 Å². The Morgan fingerprint density at radius 2 is 2.00 bits per heavy atom. The first-order valence-electron chi connectivity index (χ1n) is 6.55. The summed E-state index contributed by atoms with van der Waals surface area (Å²) in [6.45, 7) is 4.99. The summed E-state index contributed by atoms with van der Waals surface area (Å²) >= 11 is 0. The van der Waals surface area contributed by atoms with Gasteiger partial charge in [0.05, 0.1) is 6.04 Å². The van der Waals surface area contributed by atoms with Gasteiger partial charge in [0.25, 0.3) is 0 Å². The Kier molecular flexibility index (Phi) is 6.73. The second kappa shape index (κ2) is 8.32. The van der Waals surface area contributed by atoms with Crippen molar-refractivity contribution in [2.75, 3.05) is 34.2 Å². The van der Waals surface area contributed by atoms with Gasteiger partial charge in [0.2, 0.25) is 0 Å². The lowest BCUT2D eigenvalue weighted by atomic mass is 10.1. The van der Waals surface area contributed by atoms with Crippen LogP contribution in [0.15, 0.2) is 41.9 Å². The van der Waals surface area contributed by atoms with Crippen molar-refractivity contribution in [3.05, 3.63) is 48.3 Å². The minimum absolute atomic E-state index is 0.137. The third-order valence-electron chi connectivity index (χ3n) is 2.98. The topological polar surface area (TPSA) is 39.7 Å². The molecule has 1 aromatic carbocycles. The molecule has 1 atom stereocenters. The van der Waals surface area contributed by atoms with Crippen molar-refractivity contribution in [2.45, 2.75) is 6.04 Å². The normalized spacial score (nSPS) is 13.2. The zero-order valence-electron chi connectivity index (χ0n) is 12.4. The van der Waals surface area contributed by atoms with Crippen molar-refractivity contribution in [3.63, 3.8) is 0 Å². The van der Waals surface area contributed by atoms with Crippen LogP contribution in [0.3, 0.4) is 0 Å². The number of aliphatic imine (C=N–C) groups is 1. The molecule has 0 saturated carbocycles. The Morgan fingerprint density at radius 1 is 1.35 bits per heavy atom. The van der Waals surface area contributed by atoms with Gasteiger partial charge in [-0.25, -0.2) is 4.39 Å². The van der Waals surface area contributed by atoms with Crippen LogP contribution in [0.5, 0.6) is 0 Å². The number of likely N-dealkylation sites (N-methyl/N-ethyl adjacent to an activating group) is 1. The summed E-state index contributed by atoms with van der Waals surface area (Å²) in [4.78, 5) is 6.22. The number of guanidine groups is 1. The molecule has 20 heavy (non-hydrogen) atoms. The van der Waals surface area contributed by atoms with E-state index in [2.05, 4.69) is 27.1 Å². The zero-order valence-corrected chi connectivity index (χ0v) is 12.4. The van der Waals surface area contributed by atoms with E-state index in [-0.39, 0.29) is 11.9 Å². The number of nitrogens with one attached hydrogen (secondary N) is 2. The zero-order chi connectivity index (χ0) is 15.0. The highest BCUT2D eigenvalue weighted by atomic mass is 19.1. The maximum absolute atomic E-state index is 13.0. The lowest BCUT2D eigenvalue weighted by Crippen LogP contribution is -2.41. The number of rotatable bonds is 6. The highest BCUT2D eigenvalue weighted by Crippen LogP contribution is 2.17. The fraction of sp³-hybridized carbons (Fsp3) is 0.400. The molecule has 2 N–H and O–H groups in total. The molecule has 0 aliphatic carbocycles. The molecule has 0 aromatic heterocycles. The Labute approximate surface area is 120 Å². The molecule has 0 heterocycles. The molecule has 1 aromatic rings. The van der Waals surface area contributed by atoms with Crippen LogP contribution in [-0.4, -0.2) is 45.1 Å². The Bertz CT molecular complexity index is 440. The van der Waals surface area contributed by atoms with E-state index in [1.807, 2.05) is 26.2 Å². The monoisotopic (exact) mass is 278 g/mol. The van der Waals surface area contributed by atoms with E-state index >= 15 is 0 Å². The average molecular weight is 278 g/mol. The highest BCUT2D eigenvalue weighted by molar-refractivity contribution is 5.79. The van der Waals surface area contributed by atoms with Gasteiger partial charge < -0.3 is 15.5 Å². The van der Waals surface area contributed by atoms with Crippen molar-refractivity contribution in [1.29, 1.82) is 0 Å². The maximum Gasteiger partial charge on any atom is 0.191 e. The number of hydrogen-bond donors (Lipinski definition) is 2. The largest absolute Gasteiger partial charge is 0.354 e. The average Bonchev–Trinajstić information content (AvgIpc) is 2.44. The molecular weight excluding hydrogens is 255 g/mol. The smallest absolute Gasteiger partial charge is 0.191 e. The van der Waals surface area contributed by atoms with Gasteiger partial charge >= 0.3 is 0 Å². The van der Waals surface area contributed by atoms with Crippen LogP contribution in [-0.2, 0) is 0 Å². The van der Waals surface area contributed by atoms with E-state index in [1.165, 1.54) is 12.1 Å². The lowest BCUT2D eigenvalue weighted by Gasteiger charge is -2.26. The van der Waals surface area contributed by atoms with Crippen LogP contribution in [0.2, 0.25) is 0 Å². The summed E-state index contributed by atoms with van der Waals surface area (Å²) in [6, 6.07) is 6.72. The van der Waals surface area contributed by atoms with E-state index in [0.29, 0.717) is 13.1 Å². The van der Waals surface area contributed by atoms with Crippen LogP contribution in [0.1, 0.15) is 11.6 Å². The minimum atomic E-state index is -0.220. The summed E-state index contributed by atoms with van der Waals surface area (Å²) in [5.74, 6) is 0.501. The van der Waals surface area contributed by atoms with Crippen LogP contribution in [0.25, 0.3) is 0 Å². The van der Waals surface area contributed by atoms with E-state index in [1.54, 1.807) is 13.1 Å². The standard InChI is InChI=1S/C15H23FN4/c1-5-10-18-15(17-2)19-11-14(20(3)4)12-6-8-13(16)9-7-12/h5-9,14H,1,10-11H2,2-4H3,(H2,17,18,19). The molecule has 0 fully saturated rings. The van der Waals surface area contributed by atoms with E-state index in [0.717, 1.165) is 11.5 Å². The summed E-state index contributed by atoms with van der Waals surface area (Å²) in [6.07, 6.45) is 1.77. The van der Waals surface area contributed by atoms with E-state index < -0.39 is 0 Å². The Hall–Kier alpha value is -1.88. The number of halogens is 1. The van der Waals surface area contributed by atoms with Crippen molar-refractivity contribution in [1.82, 2.24) is 15.5 Å². The van der Waals surface area contributed by atoms with Crippen LogP contribution >= 0.6 is 0 Å². The molecule has 1 rings (SSSR count). The van der Waals surface area contributed by atoms with Crippen LogP contribution < -0.4 is 10.6 Å². The van der Waals surface area contributed by atoms with Gasteiger partial charge in [0.1, 0.15) is 5.82 Å². The van der Waals surface area contributed by atoms with Gasteiger partial charge in [0, 0.05) is 20.1 Å². The first kappa shape index (κ1) is 16.2. The summed E-state index contributed by atoms with van der Waals surface area (Å²) in [5, 5.41) is 6.37. The fourth-order valence-corrected chi connectivity index (χ4v) is 1.87. The van der Waals surface area contributed by atoms with Gasteiger partial charge in [-0.05, 0) is 31.8 Å². The Balaban J connectivity index is 2.68. The molecule has 0 aliphatic heterocycles. The van der Waals surface area contributed by atoms with Gasteiger partial charge in [-0.2, -0.15) is 0 Å². The molecule has 0 aliphatic rings. The molecule has 0 saturated heterocycles. The molecule has 5 heteroatoms. The number of hydrogen-bond acceptors (Lipinski definition) is 2. The Morgan fingerprint density at radius 3 is 2.50 bits per heavy atom. The molecule has 4 nitrogen and oxygen atoms in total. The highest BCUT2D eigenvalue weighted by Gasteiger charge is 2.14. The first-order valence-corrected chi connectivity index (χ1v) is 6.55. The van der Waals surface area contributed by atoms with E-state index in [9.17, 15) is 4.39 Å². The summed E-state index contributed by atoms with van der Waals surface area (Å²) in [7, 11) is 5.71. The molecule has 110 valence electrons. The van der Waals surface area contributed by atoms with Crippen LogP contribution in [0, 0.1) is 5.82 Å². The molecule has 0 amide bonds. The van der Waals surface area contributed by atoms with Crippen molar-refractivity contribution < 1.29 is 4.39 Å². The third kappa shape index (κ3) is 5.01. The molecular formula is C15H23FN4. The maximum atomic E-state index is 13.0. The predicted molar refractivity (Wildman–Crippen MR) is 82.4 cm³/mol. The third-order valence-corrected chi connectivity index (χ3v) is 2.98. The predicted octanol–water partition coefficient (Wildman–Crippen LogP) is 1.78. The molecule has 0 spiro atoms. The van der Waals surface area contributed by atoms with Crippen molar-refractivity contribution in [3.8, 4) is 0 Å². The second-order valence-electron chi connectivity index (χ2n) is 4.65. The van der Waals surface area contributed by atoms with Crippen molar-refractivity contribution in [2.24, 2.45) is 4.99 Å². The fourth-order valence-electron chi connectivity index (χ4n) is 1.87. The second-order valence-corrected chi connectivity index (χ2v) is 4.65. The minimum Gasteiger partial charge on any atom is -0.354 e. The molecule has 0 radical (unpaired) electrons. The molecule has 0 bridgehead atoms. The number of benzene rings is 1. The molecule has 1 unspecified atom stereocenters. The van der Waals surface area contributed by atoms with Gasteiger partial charge in [-0.15, -0.1) is 6.58 Å². The van der Waals surface area contributed by atoms with E-state index in [4.69, 9.17) is 0 Å². The quantitative estimate of drug-likeness (QED) is 0.473. The van der Waals surface area contributed by atoms with Crippen LogP contribution in [0.4, 0.5) is 4.39 Å². The van der Waals surface area contributed by atoms with Gasteiger partial charge in [0.15, 0.2) is 5.96 Å². The van der Waals surface area contributed by atoms with Gasteiger partial charge in [-0.3, -0.25) is 4.99 Å². The van der Waals surface area contributed by atoms with Crippen molar-refractivity contribution >= 4 is 5.96 Å². The number of nitrogens with zero attached hydrogens (tertiary/aromatic N) is 2. The summed E-state index contributed by atoms with van der Waals surface area (Å²) in [5.41, 5.74) is 1.06. The first-order chi connectivity index (χ1) is 9.58. The lowest BCUT2D eigenvalue weighted by molar-refractivity contribution is 0.298. The summed E-state index contributed by atoms with van der Waals surface area (Å²) < 4.78 is 13.0.